The van der Waals surface area contributed by atoms with Crippen LogP contribution in [0.15, 0.2) is 4.52 Å². The summed E-state index contributed by atoms with van der Waals surface area (Å²) < 4.78 is 10.8. The summed E-state index contributed by atoms with van der Waals surface area (Å²) in [6.07, 6.45) is 2.58. The summed E-state index contributed by atoms with van der Waals surface area (Å²) in [5, 5.41) is 3.99. The third kappa shape index (κ3) is 6.29. The molecule has 0 aromatic carbocycles. The molecule has 0 bridgehead atoms. The minimum atomic E-state index is -0.158. The Morgan fingerprint density at radius 3 is 2.59 bits per heavy atom. The van der Waals surface area contributed by atoms with E-state index in [1.165, 1.54) is 0 Å². The van der Waals surface area contributed by atoms with Crippen molar-refractivity contribution in [1.29, 1.82) is 0 Å². The molecule has 156 valence electrons. The molecule has 3 atom stereocenters. The Morgan fingerprint density at radius 2 is 2.00 bits per heavy atom. The number of piperazine rings is 1. The number of hydrogen-bond acceptors (Lipinski definition) is 7. The fourth-order valence-corrected chi connectivity index (χ4v) is 3.64. The van der Waals surface area contributed by atoms with Gasteiger partial charge in [-0.2, -0.15) is 4.98 Å². The monoisotopic (exact) mass is 423 g/mol. The van der Waals surface area contributed by atoms with Crippen molar-refractivity contribution in [3.8, 4) is 0 Å². The van der Waals surface area contributed by atoms with Gasteiger partial charge in [-0.05, 0) is 33.1 Å². The molecule has 1 saturated heterocycles. The minimum Gasteiger partial charge on any atom is -0.371 e. The molecule has 1 saturated carbocycles. The first-order valence-electron chi connectivity index (χ1n) is 9.27. The van der Waals surface area contributed by atoms with Crippen molar-refractivity contribution in [2.75, 3.05) is 32.8 Å². The Balaban J connectivity index is 0.00000182. The second kappa shape index (κ2) is 11.2. The molecule has 0 spiro atoms. The number of ether oxygens (including phenoxy) is 1. The lowest BCUT2D eigenvalue weighted by Crippen LogP contribution is -2.49. The summed E-state index contributed by atoms with van der Waals surface area (Å²) in [7, 11) is 0. The zero-order valence-electron chi connectivity index (χ0n) is 16.0. The van der Waals surface area contributed by atoms with Gasteiger partial charge in [0.05, 0.1) is 6.54 Å². The molecular weight excluding hydrogens is 393 g/mol. The first-order chi connectivity index (χ1) is 12.1. The number of nitrogens with zero attached hydrogens (tertiary/aromatic N) is 4. The highest BCUT2D eigenvalue weighted by molar-refractivity contribution is 5.85. The first kappa shape index (κ1) is 24.1. The number of hydrogen-bond donors (Lipinski definition) is 1. The maximum absolute atomic E-state index is 12.5. The van der Waals surface area contributed by atoms with Gasteiger partial charge in [0.2, 0.25) is 11.8 Å². The Morgan fingerprint density at radius 1 is 1.30 bits per heavy atom. The normalized spacial score (nSPS) is 24.2. The lowest BCUT2D eigenvalue weighted by atomic mass is 10.1. The van der Waals surface area contributed by atoms with Crippen LogP contribution in [-0.4, -0.2) is 64.7 Å². The number of nitrogens with two attached hydrogens (primary N) is 1. The zero-order valence-corrected chi connectivity index (χ0v) is 17.6. The van der Waals surface area contributed by atoms with E-state index in [1.807, 2.05) is 18.7 Å². The molecule has 2 heterocycles. The highest BCUT2D eigenvalue weighted by Gasteiger charge is 2.32. The van der Waals surface area contributed by atoms with E-state index in [9.17, 15) is 4.79 Å². The molecule has 27 heavy (non-hydrogen) atoms. The van der Waals surface area contributed by atoms with Crippen LogP contribution in [0.25, 0.3) is 0 Å². The molecule has 1 aromatic heterocycles. The van der Waals surface area contributed by atoms with E-state index in [4.69, 9.17) is 15.0 Å². The molecule has 8 nitrogen and oxygen atoms in total. The molecule has 3 unspecified atom stereocenters. The van der Waals surface area contributed by atoms with Gasteiger partial charge in [-0.15, -0.1) is 24.8 Å². The van der Waals surface area contributed by atoms with E-state index in [0.717, 1.165) is 45.4 Å². The fraction of sp³-hybridized carbons (Fsp3) is 0.824. The largest absolute Gasteiger partial charge is 0.371 e. The summed E-state index contributed by atoms with van der Waals surface area (Å²) in [4.78, 5) is 21.2. The van der Waals surface area contributed by atoms with Crippen molar-refractivity contribution < 1.29 is 14.1 Å². The molecule has 1 aliphatic carbocycles. The average Bonchev–Trinajstić information content (AvgIpc) is 3.24. The van der Waals surface area contributed by atoms with Gasteiger partial charge >= 0.3 is 0 Å². The van der Waals surface area contributed by atoms with Crippen LogP contribution in [0.1, 0.15) is 50.9 Å². The summed E-state index contributed by atoms with van der Waals surface area (Å²) in [5.41, 5.74) is 5.93. The Hall–Kier alpha value is -0.930. The molecule has 1 aliphatic heterocycles. The topological polar surface area (TPSA) is 97.7 Å². The zero-order chi connectivity index (χ0) is 17.8. The number of halogens is 2. The number of aromatic nitrogens is 2. The molecule has 2 aliphatic rings. The highest BCUT2D eigenvalue weighted by atomic mass is 35.5. The molecule has 1 aromatic rings. The molecule has 2 fully saturated rings. The lowest BCUT2D eigenvalue weighted by molar-refractivity contribution is -0.137. The third-order valence-electron chi connectivity index (χ3n) is 5.13. The summed E-state index contributed by atoms with van der Waals surface area (Å²) in [6.45, 7) is 8.23. The second-order valence-electron chi connectivity index (χ2n) is 7.02. The van der Waals surface area contributed by atoms with Gasteiger partial charge in [0, 0.05) is 44.7 Å². The maximum atomic E-state index is 12.5. The maximum Gasteiger partial charge on any atom is 0.240 e. The van der Waals surface area contributed by atoms with Crippen molar-refractivity contribution in [1.82, 2.24) is 19.9 Å². The SMILES string of the molecule is CCOC(C)c1noc(CN2CCN(C(=O)C3CCC(N)C3)CC2)n1.Cl.Cl. The standard InChI is InChI=1S/C17H29N5O3.2ClH/c1-3-24-12(2)16-19-15(25-20-16)11-21-6-8-22(9-7-21)17(23)13-4-5-14(18)10-13;;/h12-14H,3-11,18H2,1-2H3;2*1H. The molecular formula is C17H31Cl2N5O3. The predicted octanol–water partition coefficient (Wildman–Crippen LogP) is 1.78. The van der Waals surface area contributed by atoms with Gasteiger partial charge in [0.1, 0.15) is 6.10 Å². The van der Waals surface area contributed by atoms with Crippen molar-refractivity contribution >= 4 is 30.7 Å². The van der Waals surface area contributed by atoms with Crippen LogP contribution in [0.4, 0.5) is 0 Å². The summed E-state index contributed by atoms with van der Waals surface area (Å²) >= 11 is 0. The minimum absolute atomic E-state index is 0. The fourth-order valence-electron chi connectivity index (χ4n) is 3.64. The van der Waals surface area contributed by atoms with Gasteiger partial charge in [-0.3, -0.25) is 9.69 Å². The van der Waals surface area contributed by atoms with Gasteiger partial charge in [0.25, 0.3) is 0 Å². The van der Waals surface area contributed by atoms with Crippen LogP contribution in [0, 0.1) is 5.92 Å². The third-order valence-corrected chi connectivity index (χ3v) is 5.13. The van der Waals surface area contributed by atoms with Crippen LogP contribution in [-0.2, 0) is 16.1 Å². The van der Waals surface area contributed by atoms with Crippen LogP contribution in [0.2, 0.25) is 0 Å². The van der Waals surface area contributed by atoms with Crippen molar-refractivity contribution in [3.63, 3.8) is 0 Å². The Labute approximate surface area is 173 Å². The number of carbonyl (C=O) groups excluding carboxylic acids is 1. The second-order valence-corrected chi connectivity index (χ2v) is 7.02. The van der Waals surface area contributed by atoms with Gasteiger partial charge < -0.3 is 19.9 Å². The molecule has 10 heteroatoms. The molecule has 2 N–H and O–H groups in total. The van der Waals surface area contributed by atoms with Crippen LogP contribution in [0.5, 0.6) is 0 Å². The predicted molar refractivity (Wildman–Crippen MR) is 106 cm³/mol. The quantitative estimate of drug-likeness (QED) is 0.744. The van der Waals surface area contributed by atoms with Crippen molar-refractivity contribution in [2.24, 2.45) is 11.7 Å². The summed E-state index contributed by atoms with van der Waals surface area (Å²) in [6, 6.07) is 0.195. The van der Waals surface area contributed by atoms with Crippen molar-refractivity contribution in [3.05, 3.63) is 11.7 Å². The number of carbonyl (C=O) groups is 1. The average molecular weight is 424 g/mol. The Bertz CT molecular complexity index is 581. The van der Waals surface area contributed by atoms with Crippen LogP contribution >= 0.6 is 24.8 Å². The van der Waals surface area contributed by atoms with E-state index < -0.39 is 0 Å². The lowest BCUT2D eigenvalue weighted by Gasteiger charge is -2.35. The smallest absolute Gasteiger partial charge is 0.240 e. The molecule has 3 rings (SSSR count). The Kier molecular flexibility index (Phi) is 9.97. The summed E-state index contributed by atoms with van der Waals surface area (Å²) in [5.74, 6) is 1.59. The van der Waals surface area contributed by atoms with Gasteiger partial charge in [-0.1, -0.05) is 5.16 Å². The first-order valence-corrected chi connectivity index (χ1v) is 9.27. The van der Waals surface area contributed by atoms with E-state index in [1.54, 1.807) is 0 Å². The van der Waals surface area contributed by atoms with E-state index in [-0.39, 0.29) is 48.8 Å². The van der Waals surface area contributed by atoms with E-state index in [0.29, 0.717) is 24.9 Å². The van der Waals surface area contributed by atoms with Gasteiger partial charge in [0.15, 0.2) is 5.82 Å². The molecule has 1 amide bonds. The van der Waals surface area contributed by atoms with E-state index >= 15 is 0 Å². The number of amides is 1. The van der Waals surface area contributed by atoms with E-state index in [2.05, 4.69) is 15.0 Å². The van der Waals surface area contributed by atoms with Crippen molar-refractivity contribution in [2.45, 2.75) is 51.8 Å². The van der Waals surface area contributed by atoms with Gasteiger partial charge in [-0.25, -0.2) is 0 Å². The van der Waals surface area contributed by atoms with Crippen LogP contribution < -0.4 is 5.73 Å². The molecule has 0 radical (unpaired) electrons. The number of rotatable bonds is 6. The van der Waals surface area contributed by atoms with Crippen LogP contribution in [0.3, 0.4) is 0 Å². The highest BCUT2D eigenvalue weighted by Crippen LogP contribution is 2.26.